The Labute approximate surface area is 247 Å². The van der Waals surface area contributed by atoms with Gasteiger partial charge in [-0.05, 0) is 33.4 Å². The summed E-state index contributed by atoms with van der Waals surface area (Å²) in [5.74, 6) is 0. The molecule has 0 bridgehead atoms. The van der Waals surface area contributed by atoms with Gasteiger partial charge in [0.25, 0.3) is 0 Å². The van der Waals surface area contributed by atoms with Crippen molar-refractivity contribution in [2.24, 2.45) is 5.73 Å². The molecule has 0 atom stereocenters. The number of urea groups is 1. The van der Waals surface area contributed by atoms with Crippen LogP contribution in [0.1, 0.15) is 33.4 Å². The van der Waals surface area contributed by atoms with Crippen molar-refractivity contribution < 1.29 is 4.79 Å². The minimum atomic E-state index is -1.13. The van der Waals surface area contributed by atoms with Gasteiger partial charge in [0.05, 0.1) is 0 Å². The second-order valence-corrected chi connectivity index (χ2v) is 10.3. The SMILES string of the molecule is NC(=O)N(C(c1ccccc1)(c1ccccc1)c1ccccc1)C(c1ccccc1)(c1ccccc1)c1ccccc1. The molecule has 0 radical (unpaired) electrons. The largest absolute Gasteiger partial charge is 0.351 e. The van der Waals surface area contributed by atoms with E-state index >= 15 is 0 Å². The third kappa shape index (κ3) is 4.36. The van der Waals surface area contributed by atoms with Gasteiger partial charge in [-0.2, -0.15) is 0 Å². The van der Waals surface area contributed by atoms with Crippen LogP contribution in [0.5, 0.6) is 0 Å². The Morgan fingerprint density at radius 3 is 0.667 bits per heavy atom. The average Bonchev–Trinajstić information content (AvgIpc) is 3.07. The van der Waals surface area contributed by atoms with Crippen LogP contribution in [0.3, 0.4) is 0 Å². The van der Waals surface area contributed by atoms with Gasteiger partial charge in [0.1, 0.15) is 11.1 Å². The fourth-order valence-corrected chi connectivity index (χ4v) is 6.43. The van der Waals surface area contributed by atoms with Crippen molar-refractivity contribution in [1.82, 2.24) is 4.90 Å². The lowest BCUT2D eigenvalue weighted by atomic mass is 9.68. The highest BCUT2D eigenvalue weighted by Crippen LogP contribution is 2.53. The van der Waals surface area contributed by atoms with Gasteiger partial charge in [-0.1, -0.05) is 182 Å². The highest BCUT2D eigenvalue weighted by molar-refractivity contribution is 5.80. The van der Waals surface area contributed by atoms with Crippen LogP contribution in [-0.4, -0.2) is 10.9 Å². The third-order valence-electron chi connectivity index (χ3n) is 8.04. The minimum absolute atomic E-state index is 0.553. The van der Waals surface area contributed by atoms with E-state index in [1.54, 1.807) is 0 Å². The molecule has 0 unspecified atom stereocenters. The van der Waals surface area contributed by atoms with E-state index in [1.807, 2.05) is 114 Å². The molecule has 0 aromatic heterocycles. The Morgan fingerprint density at radius 2 is 0.524 bits per heavy atom. The number of nitrogens with zero attached hydrogens (tertiary/aromatic N) is 1. The molecule has 0 saturated heterocycles. The summed E-state index contributed by atoms with van der Waals surface area (Å²) in [7, 11) is 0. The minimum Gasteiger partial charge on any atom is -0.351 e. The summed E-state index contributed by atoms with van der Waals surface area (Å²) >= 11 is 0. The van der Waals surface area contributed by atoms with Crippen molar-refractivity contribution in [3.05, 3.63) is 215 Å². The summed E-state index contributed by atoms with van der Waals surface area (Å²) < 4.78 is 0. The summed E-state index contributed by atoms with van der Waals surface area (Å²) in [6.45, 7) is 0. The lowest BCUT2D eigenvalue weighted by Crippen LogP contribution is -2.63. The van der Waals surface area contributed by atoms with Crippen molar-refractivity contribution >= 4 is 6.03 Å². The molecule has 0 heterocycles. The molecular formula is C39H32N2O. The van der Waals surface area contributed by atoms with Crippen molar-refractivity contribution in [2.75, 3.05) is 0 Å². The molecule has 0 aliphatic rings. The number of primary amides is 1. The molecule has 0 aliphatic carbocycles. The quantitative estimate of drug-likeness (QED) is 0.192. The number of nitrogens with two attached hydrogens (primary N) is 1. The molecule has 3 nitrogen and oxygen atoms in total. The maximum atomic E-state index is 14.6. The average molecular weight is 545 g/mol. The van der Waals surface area contributed by atoms with Gasteiger partial charge in [-0.15, -0.1) is 0 Å². The fraction of sp³-hybridized carbons (Fsp3) is 0.0513. The van der Waals surface area contributed by atoms with Gasteiger partial charge in [0.15, 0.2) is 0 Å². The first kappa shape index (κ1) is 26.8. The summed E-state index contributed by atoms with van der Waals surface area (Å²) in [6, 6.07) is 60.7. The smallest absolute Gasteiger partial charge is 0.317 e. The number of benzene rings is 6. The van der Waals surface area contributed by atoms with Crippen LogP contribution in [0.15, 0.2) is 182 Å². The van der Waals surface area contributed by atoms with Gasteiger partial charge in [0.2, 0.25) is 0 Å². The van der Waals surface area contributed by atoms with E-state index in [0.29, 0.717) is 0 Å². The molecule has 6 rings (SSSR count). The molecule has 0 saturated carbocycles. The van der Waals surface area contributed by atoms with Gasteiger partial charge in [-0.25, -0.2) is 4.79 Å². The van der Waals surface area contributed by atoms with Crippen LogP contribution >= 0.6 is 0 Å². The van der Waals surface area contributed by atoms with Crippen LogP contribution in [0, 0.1) is 0 Å². The Bertz CT molecular complexity index is 1400. The molecule has 3 heteroatoms. The van der Waals surface area contributed by atoms with E-state index < -0.39 is 17.1 Å². The normalized spacial score (nSPS) is 11.5. The van der Waals surface area contributed by atoms with Gasteiger partial charge < -0.3 is 5.73 Å². The zero-order chi connectivity index (χ0) is 28.8. The van der Waals surface area contributed by atoms with Crippen LogP contribution in [0.4, 0.5) is 4.79 Å². The molecule has 2 amide bonds. The van der Waals surface area contributed by atoms with Crippen molar-refractivity contribution in [1.29, 1.82) is 0 Å². The molecule has 0 aliphatic heterocycles. The zero-order valence-electron chi connectivity index (χ0n) is 23.3. The van der Waals surface area contributed by atoms with E-state index in [-0.39, 0.29) is 0 Å². The van der Waals surface area contributed by atoms with Crippen LogP contribution < -0.4 is 5.73 Å². The first-order chi connectivity index (χ1) is 20.7. The lowest BCUT2D eigenvalue weighted by Gasteiger charge is -2.55. The predicted molar refractivity (Wildman–Crippen MR) is 170 cm³/mol. The monoisotopic (exact) mass is 544 g/mol. The third-order valence-corrected chi connectivity index (χ3v) is 8.04. The summed E-state index contributed by atoms with van der Waals surface area (Å²) in [5, 5.41) is 0. The molecule has 204 valence electrons. The topological polar surface area (TPSA) is 46.3 Å². The second-order valence-electron chi connectivity index (χ2n) is 10.3. The number of rotatable bonds is 8. The first-order valence-corrected chi connectivity index (χ1v) is 14.1. The van der Waals surface area contributed by atoms with Gasteiger partial charge >= 0.3 is 6.03 Å². The Balaban J connectivity index is 1.88. The Kier molecular flexibility index (Phi) is 7.40. The Morgan fingerprint density at radius 1 is 0.357 bits per heavy atom. The van der Waals surface area contributed by atoms with E-state index in [1.165, 1.54) is 0 Å². The molecule has 42 heavy (non-hydrogen) atoms. The van der Waals surface area contributed by atoms with E-state index in [0.717, 1.165) is 33.4 Å². The summed E-state index contributed by atoms with van der Waals surface area (Å²) in [6.07, 6.45) is 0. The molecule has 6 aromatic rings. The number of hydrogen-bond donors (Lipinski definition) is 1. The second kappa shape index (κ2) is 11.6. The Hall–Kier alpha value is -5.41. The standard InChI is InChI=1S/C39H32N2O/c40-37(42)41(38(31-19-7-1-8-20-31,32-21-9-2-10-22-32)33-23-11-3-12-24-33)39(34-25-13-4-14-26-34,35-27-15-5-16-28-35)36-29-17-6-18-30-36/h1-30H,(H2,40,42). The number of carbonyl (C=O) groups excluding carboxylic acids is 1. The first-order valence-electron chi connectivity index (χ1n) is 14.1. The maximum absolute atomic E-state index is 14.6. The number of hydrogen-bond acceptors (Lipinski definition) is 1. The summed E-state index contributed by atoms with van der Waals surface area (Å²) in [4.78, 5) is 16.5. The molecule has 2 N–H and O–H groups in total. The fourth-order valence-electron chi connectivity index (χ4n) is 6.43. The molecule has 6 aromatic carbocycles. The van der Waals surface area contributed by atoms with E-state index in [2.05, 4.69) is 72.8 Å². The highest BCUT2D eigenvalue weighted by Gasteiger charge is 2.56. The number of carbonyl (C=O) groups is 1. The zero-order valence-corrected chi connectivity index (χ0v) is 23.3. The van der Waals surface area contributed by atoms with Crippen molar-refractivity contribution in [3.63, 3.8) is 0 Å². The van der Waals surface area contributed by atoms with Crippen molar-refractivity contribution in [3.8, 4) is 0 Å². The predicted octanol–water partition coefficient (Wildman–Crippen LogP) is 8.35. The van der Waals surface area contributed by atoms with Crippen molar-refractivity contribution in [2.45, 2.75) is 11.1 Å². The molecular weight excluding hydrogens is 512 g/mol. The summed E-state index contributed by atoms with van der Waals surface area (Å²) in [5.41, 5.74) is 10.0. The van der Waals surface area contributed by atoms with Gasteiger partial charge in [-0.3, -0.25) is 4.90 Å². The molecule has 0 spiro atoms. The molecule has 0 fully saturated rings. The van der Waals surface area contributed by atoms with Crippen LogP contribution in [-0.2, 0) is 11.1 Å². The number of amides is 2. The van der Waals surface area contributed by atoms with Crippen LogP contribution in [0.25, 0.3) is 0 Å². The lowest BCUT2D eigenvalue weighted by molar-refractivity contribution is 0.103. The maximum Gasteiger partial charge on any atom is 0.317 e. The van der Waals surface area contributed by atoms with E-state index in [4.69, 9.17) is 5.73 Å². The van der Waals surface area contributed by atoms with Gasteiger partial charge in [0, 0.05) is 0 Å². The van der Waals surface area contributed by atoms with E-state index in [9.17, 15) is 4.79 Å². The van der Waals surface area contributed by atoms with Crippen LogP contribution in [0.2, 0.25) is 0 Å². The highest BCUT2D eigenvalue weighted by atomic mass is 16.2.